The highest BCUT2D eigenvalue weighted by molar-refractivity contribution is 9.11. The molecular weight excluding hydrogens is 390 g/mol. The van der Waals surface area contributed by atoms with Crippen molar-refractivity contribution in [2.24, 2.45) is 0 Å². The minimum absolute atomic E-state index is 0.209. The lowest BCUT2D eigenvalue weighted by atomic mass is 10.1. The van der Waals surface area contributed by atoms with Gasteiger partial charge in [0.2, 0.25) is 0 Å². The second-order valence-electron chi connectivity index (χ2n) is 4.88. The first-order valence-electron chi connectivity index (χ1n) is 6.48. The van der Waals surface area contributed by atoms with E-state index in [4.69, 9.17) is 9.47 Å². The van der Waals surface area contributed by atoms with E-state index in [0.29, 0.717) is 12.3 Å². The quantitative estimate of drug-likeness (QED) is 0.645. The molecule has 0 radical (unpaired) electrons. The van der Waals surface area contributed by atoms with Crippen LogP contribution in [0.1, 0.15) is 20.3 Å². The zero-order valence-corrected chi connectivity index (χ0v) is 15.2. The topological polar surface area (TPSA) is 50.7 Å². The van der Waals surface area contributed by atoms with Crippen molar-refractivity contribution in [3.05, 3.63) is 21.1 Å². The molecule has 0 spiro atoms. The Morgan fingerprint density at radius 1 is 1.25 bits per heavy atom. The first-order chi connectivity index (χ1) is 9.39. The molecule has 1 aromatic rings. The summed E-state index contributed by atoms with van der Waals surface area (Å²) in [7, 11) is 1.61. The Hall–Kier alpha value is -0.300. The van der Waals surface area contributed by atoms with Crippen LogP contribution in [0.5, 0.6) is 11.5 Å². The molecule has 114 valence electrons. The van der Waals surface area contributed by atoms with E-state index >= 15 is 0 Å². The summed E-state index contributed by atoms with van der Waals surface area (Å²) in [5.41, 5.74) is -0.916. The van der Waals surface area contributed by atoms with Crippen LogP contribution in [-0.4, -0.2) is 37.5 Å². The first kappa shape index (κ1) is 17.8. The molecule has 1 rings (SSSR count). The fourth-order valence-corrected chi connectivity index (χ4v) is 2.52. The standard InChI is InChI=1S/C14H21Br2NO3/c1-4-5-17-8-14(2,18)9-20-13-7-10(15)12(19-3)6-11(13)16/h6-7,17-18H,4-5,8-9H2,1-3H3. The van der Waals surface area contributed by atoms with Crippen LogP contribution in [0, 0.1) is 0 Å². The van der Waals surface area contributed by atoms with Crippen molar-refractivity contribution in [3.63, 3.8) is 0 Å². The Bertz CT molecular complexity index is 439. The molecule has 1 aromatic carbocycles. The molecule has 6 heteroatoms. The lowest BCUT2D eigenvalue weighted by Gasteiger charge is -2.24. The van der Waals surface area contributed by atoms with Gasteiger partial charge in [0.15, 0.2) is 0 Å². The monoisotopic (exact) mass is 409 g/mol. The van der Waals surface area contributed by atoms with Gasteiger partial charge in [0, 0.05) is 6.54 Å². The van der Waals surface area contributed by atoms with E-state index < -0.39 is 5.60 Å². The van der Waals surface area contributed by atoms with Crippen LogP contribution >= 0.6 is 31.9 Å². The Balaban J connectivity index is 2.63. The van der Waals surface area contributed by atoms with Gasteiger partial charge in [0.1, 0.15) is 23.7 Å². The number of rotatable bonds is 8. The Labute approximate surface area is 137 Å². The van der Waals surface area contributed by atoms with Gasteiger partial charge in [-0.25, -0.2) is 0 Å². The van der Waals surface area contributed by atoms with E-state index in [-0.39, 0.29) is 6.61 Å². The van der Waals surface area contributed by atoms with Crippen molar-refractivity contribution in [3.8, 4) is 11.5 Å². The maximum atomic E-state index is 10.2. The lowest BCUT2D eigenvalue weighted by Crippen LogP contribution is -2.43. The van der Waals surface area contributed by atoms with Gasteiger partial charge in [-0.2, -0.15) is 0 Å². The van der Waals surface area contributed by atoms with Crippen LogP contribution in [0.15, 0.2) is 21.1 Å². The second kappa shape index (κ2) is 8.22. The summed E-state index contributed by atoms with van der Waals surface area (Å²) < 4.78 is 12.5. The fourth-order valence-electron chi connectivity index (χ4n) is 1.60. The molecule has 0 aliphatic heterocycles. The van der Waals surface area contributed by atoms with Gasteiger partial charge >= 0.3 is 0 Å². The van der Waals surface area contributed by atoms with Gasteiger partial charge in [0.25, 0.3) is 0 Å². The van der Waals surface area contributed by atoms with E-state index in [2.05, 4.69) is 44.1 Å². The van der Waals surface area contributed by atoms with Gasteiger partial charge in [-0.05, 0) is 63.9 Å². The zero-order valence-electron chi connectivity index (χ0n) is 12.0. The number of ether oxygens (including phenoxy) is 2. The number of hydrogen-bond acceptors (Lipinski definition) is 4. The van der Waals surface area contributed by atoms with Crippen molar-refractivity contribution in [1.82, 2.24) is 5.32 Å². The van der Waals surface area contributed by atoms with Gasteiger partial charge in [-0.15, -0.1) is 0 Å². The number of methoxy groups -OCH3 is 1. The van der Waals surface area contributed by atoms with Gasteiger partial charge in [-0.3, -0.25) is 0 Å². The normalized spacial score (nSPS) is 13.9. The Kier molecular flexibility index (Phi) is 7.29. The minimum Gasteiger partial charge on any atom is -0.496 e. The molecule has 0 aromatic heterocycles. The number of hydrogen-bond donors (Lipinski definition) is 2. The maximum absolute atomic E-state index is 10.2. The van der Waals surface area contributed by atoms with Crippen molar-refractivity contribution < 1.29 is 14.6 Å². The van der Waals surface area contributed by atoms with Crippen LogP contribution in [0.25, 0.3) is 0 Å². The predicted molar refractivity (Wildman–Crippen MR) is 87.7 cm³/mol. The smallest absolute Gasteiger partial charge is 0.135 e. The van der Waals surface area contributed by atoms with E-state index in [1.54, 1.807) is 14.0 Å². The SMILES string of the molecule is CCCNCC(C)(O)COc1cc(Br)c(OC)cc1Br. The molecule has 0 fully saturated rings. The van der Waals surface area contributed by atoms with Crippen molar-refractivity contribution in [1.29, 1.82) is 0 Å². The molecule has 2 N–H and O–H groups in total. The number of halogens is 2. The molecule has 1 atom stereocenters. The minimum atomic E-state index is -0.916. The summed E-state index contributed by atoms with van der Waals surface area (Å²) >= 11 is 6.84. The van der Waals surface area contributed by atoms with Gasteiger partial charge in [-0.1, -0.05) is 6.92 Å². The largest absolute Gasteiger partial charge is 0.496 e. The molecule has 0 aliphatic carbocycles. The van der Waals surface area contributed by atoms with Gasteiger partial charge < -0.3 is 19.9 Å². The number of aliphatic hydroxyl groups is 1. The van der Waals surface area contributed by atoms with Crippen LogP contribution in [0.2, 0.25) is 0 Å². The van der Waals surface area contributed by atoms with Crippen molar-refractivity contribution in [2.75, 3.05) is 26.8 Å². The van der Waals surface area contributed by atoms with E-state index in [0.717, 1.165) is 27.7 Å². The summed E-state index contributed by atoms with van der Waals surface area (Å²) in [4.78, 5) is 0. The third-order valence-corrected chi connectivity index (χ3v) is 3.92. The van der Waals surface area contributed by atoms with Gasteiger partial charge in [0.05, 0.1) is 16.1 Å². The van der Waals surface area contributed by atoms with Crippen LogP contribution in [-0.2, 0) is 0 Å². The third-order valence-electron chi connectivity index (χ3n) is 2.68. The molecule has 0 bridgehead atoms. The number of nitrogens with one attached hydrogen (secondary N) is 1. The lowest BCUT2D eigenvalue weighted by molar-refractivity contribution is 0.0122. The summed E-state index contributed by atoms with van der Waals surface area (Å²) in [5.74, 6) is 1.38. The zero-order chi connectivity index (χ0) is 15.2. The van der Waals surface area contributed by atoms with Crippen LogP contribution < -0.4 is 14.8 Å². The average molecular weight is 411 g/mol. The van der Waals surface area contributed by atoms with Crippen LogP contribution in [0.4, 0.5) is 0 Å². The third kappa shape index (κ3) is 5.60. The van der Waals surface area contributed by atoms with E-state index in [1.807, 2.05) is 12.1 Å². The molecule has 0 amide bonds. The second-order valence-corrected chi connectivity index (χ2v) is 6.59. The highest BCUT2D eigenvalue weighted by Gasteiger charge is 2.21. The van der Waals surface area contributed by atoms with Crippen molar-refractivity contribution in [2.45, 2.75) is 25.9 Å². The predicted octanol–water partition coefficient (Wildman–Crippen LogP) is 3.35. The highest BCUT2D eigenvalue weighted by Crippen LogP contribution is 2.36. The molecule has 0 saturated heterocycles. The molecular formula is C14H21Br2NO3. The van der Waals surface area contributed by atoms with Crippen LogP contribution in [0.3, 0.4) is 0 Å². The molecule has 4 nitrogen and oxygen atoms in total. The maximum Gasteiger partial charge on any atom is 0.135 e. The molecule has 0 aliphatic rings. The summed E-state index contributed by atoms with van der Waals surface area (Å²) in [6.45, 7) is 5.43. The van der Waals surface area contributed by atoms with Crippen molar-refractivity contribution >= 4 is 31.9 Å². The first-order valence-corrected chi connectivity index (χ1v) is 8.07. The molecule has 0 saturated carbocycles. The van der Waals surface area contributed by atoms with E-state index in [1.165, 1.54) is 0 Å². The highest BCUT2D eigenvalue weighted by atomic mass is 79.9. The molecule has 1 unspecified atom stereocenters. The summed E-state index contributed by atoms with van der Waals surface area (Å²) in [6.07, 6.45) is 1.04. The Morgan fingerprint density at radius 2 is 1.85 bits per heavy atom. The summed E-state index contributed by atoms with van der Waals surface area (Å²) in [6, 6.07) is 3.64. The number of benzene rings is 1. The fraction of sp³-hybridized carbons (Fsp3) is 0.571. The molecule has 0 heterocycles. The molecule has 20 heavy (non-hydrogen) atoms. The van der Waals surface area contributed by atoms with E-state index in [9.17, 15) is 5.11 Å². The Morgan fingerprint density at radius 3 is 2.45 bits per heavy atom. The average Bonchev–Trinajstić information content (AvgIpc) is 2.39. The summed E-state index contributed by atoms with van der Waals surface area (Å²) in [5, 5.41) is 13.4.